The van der Waals surface area contributed by atoms with Crippen molar-refractivity contribution >= 4 is 17.4 Å². The number of urea groups is 1. The van der Waals surface area contributed by atoms with E-state index in [0.29, 0.717) is 6.54 Å². The summed E-state index contributed by atoms with van der Waals surface area (Å²) in [5.74, 6) is 0. The van der Waals surface area contributed by atoms with Crippen LogP contribution in [0.25, 0.3) is 10.6 Å². The third kappa shape index (κ3) is 4.33. The fourth-order valence-electron chi connectivity index (χ4n) is 2.97. The Labute approximate surface area is 147 Å². The molecule has 1 aromatic heterocycles. The predicted molar refractivity (Wildman–Crippen MR) is 98.1 cm³/mol. The van der Waals surface area contributed by atoms with E-state index in [-0.39, 0.29) is 12.1 Å². The Morgan fingerprint density at radius 2 is 2.21 bits per heavy atom. The molecule has 2 heterocycles. The normalized spacial score (nSPS) is 18.3. The minimum Gasteiger partial charge on any atom is -0.334 e. The maximum atomic E-state index is 12.4. The Bertz CT molecular complexity index is 673. The van der Waals surface area contributed by atoms with E-state index >= 15 is 0 Å². The first kappa shape index (κ1) is 16.9. The van der Waals surface area contributed by atoms with Gasteiger partial charge < -0.3 is 15.1 Å². The third-order valence-corrected chi connectivity index (χ3v) is 5.30. The van der Waals surface area contributed by atoms with Crippen molar-refractivity contribution in [3.8, 4) is 10.6 Å². The van der Waals surface area contributed by atoms with Crippen molar-refractivity contribution in [1.29, 1.82) is 0 Å². The number of nitrogens with zero attached hydrogens (tertiary/aromatic N) is 3. The van der Waals surface area contributed by atoms with Gasteiger partial charge in [0.1, 0.15) is 5.01 Å². The Hall–Kier alpha value is -1.92. The molecule has 0 spiro atoms. The maximum absolute atomic E-state index is 12.4. The fraction of sp³-hybridized carbons (Fsp3) is 0.444. The Morgan fingerprint density at radius 3 is 2.96 bits per heavy atom. The van der Waals surface area contributed by atoms with Crippen LogP contribution in [0.3, 0.4) is 0 Å². The molecule has 2 aromatic rings. The summed E-state index contributed by atoms with van der Waals surface area (Å²) in [5.41, 5.74) is 1.12. The summed E-state index contributed by atoms with van der Waals surface area (Å²) in [5, 5.41) is 4.13. The SMILES string of the molecule is CN1CCC[C@H](NC(=O)N(C)Cc2cnc(-c3ccccc3)s2)C1. The maximum Gasteiger partial charge on any atom is 0.317 e. The zero-order valence-corrected chi connectivity index (χ0v) is 15.1. The predicted octanol–water partition coefficient (Wildman–Crippen LogP) is 3.05. The molecule has 2 amide bonds. The van der Waals surface area contributed by atoms with E-state index in [0.717, 1.165) is 41.4 Å². The molecule has 0 aliphatic carbocycles. The Morgan fingerprint density at radius 1 is 1.42 bits per heavy atom. The lowest BCUT2D eigenvalue weighted by Gasteiger charge is -2.31. The van der Waals surface area contributed by atoms with Gasteiger partial charge in [0.2, 0.25) is 0 Å². The van der Waals surface area contributed by atoms with Crippen LogP contribution in [-0.2, 0) is 6.54 Å². The fourth-order valence-corrected chi connectivity index (χ4v) is 3.94. The molecule has 0 unspecified atom stereocenters. The Kier molecular flexibility index (Phi) is 5.48. The van der Waals surface area contributed by atoms with E-state index in [9.17, 15) is 4.79 Å². The highest BCUT2D eigenvalue weighted by Crippen LogP contribution is 2.25. The van der Waals surface area contributed by atoms with Crippen LogP contribution < -0.4 is 5.32 Å². The van der Waals surface area contributed by atoms with Gasteiger partial charge in [-0.15, -0.1) is 11.3 Å². The highest BCUT2D eigenvalue weighted by molar-refractivity contribution is 7.15. The molecular weight excluding hydrogens is 320 g/mol. The van der Waals surface area contributed by atoms with Crippen LogP contribution in [0.1, 0.15) is 17.7 Å². The summed E-state index contributed by atoms with van der Waals surface area (Å²) in [4.78, 5) is 21.9. The molecule has 6 heteroatoms. The number of piperidine rings is 1. The number of thiazole rings is 1. The summed E-state index contributed by atoms with van der Waals surface area (Å²) < 4.78 is 0. The molecule has 0 bridgehead atoms. The van der Waals surface area contributed by atoms with Gasteiger partial charge in [-0.3, -0.25) is 0 Å². The van der Waals surface area contributed by atoms with Gasteiger partial charge in [-0.25, -0.2) is 9.78 Å². The van der Waals surface area contributed by atoms with Gasteiger partial charge in [-0.1, -0.05) is 30.3 Å². The second-order valence-electron chi connectivity index (χ2n) is 6.40. The van der Waals surface area contributed by atoms with Crippen molar-refractivity contribution in [1.82, 2.24) is 20.1 Å². The molecular formula is C18H24N4OS. The third-order valence-electron chi connectivity index (χ3n) is 4.27. The number of amides is 2. The Balaban J connectivity index is 1.55. The second-order valence-corrected chi connectivity index (χ2v) is 7.52. The van der Waals surface area contributed by atoms with E-state index in [1.54, 1.807) is 16.2 Å². The minimum atomic E-state index is -0.00930. The summed E-state index contributed by atoms with van der Waals surface area (Å²) in [6.45, 7) is 2.63. The first-order chi connectivity index (χ1) is 11.6. The number of hydrogen-bond acceptors (Lipinski definition) is 4. The molecule has 1 N–H and O–H groups in total. The number of rotatable bonds is 4. The second kappa shape index (κ2) is 7.77. The summed E-state index contributed by atoms with van der Waals surface area (Å²) in [7, 11) is 3.94. The molecule has 1 aromatic carbocycles. The number of carbonyl (C=O) groups is 1. The van der Waals surface area contributed by atoms with E-state index in [1.165, 1.54) is 0 Å². The minimum absolute atomic E-state index is 0.00930. The van der Waals surface area contributed by atoms with Crippen molar-refractivity contribution in [3.05, 3.63) is 41.4 Å². The van der Waals surface area contributed by atoms with Gasteiger partial charge in [0.15, 0.2) is 0 Å². The largest absolute Gasteiger partial charge is 0.334 e. The zero-order valence-electron chi connectivity index (χ0n) is 14.2. The van der Waals surface area contributed by atoms with Gasteiger partial charge >= 0.3 is 6.03 Å². The quantitative estimate of drug-likeness (QED) is 0.927. The average Bonchev–Trinajstić information content (AvgIpc) is 3.04. The average molecular weight is 344 g/mol. The van der Waals surface area contributed by atoms with Gasteiger partial charge in [0.05, 0.1) is 6.54 Å². The standard InChI is InChI=1S/C18H24N4OS/c1-21-10-6-9-15(12-21)20-18(23)22(2)13-16-11-19-17(24-16)14-7-4-3-5-8-14/h3-5,7-8,11,15H,6,9-10,12-13H2,1-2H3,(H,20,23)/t15-/m0/s1. The van der Waals surface area contributed by atoms with Crippen molar-refractivity contribution in [3.63, 3.8) is 0 Å². The topological polar surface area (TPSA) is 48.5 Å². The van der Waals surface area contributed by atoms with Crippen LogP contribution in [-0.4, -0.2) is 54.0 Å². The molecule has 1 aliphatic heterocycles. The number of nitrogens with one attached hydrogen (secondary N) is 1. The van der Waals surface area contributed by atoms with Gasteiger partial charge in [-0.2, -0.15) is 0 Å². The molecule has 1 fully saturated rings. The number of likely N-dealkylation sites (tertiary alicyclic amines) is 1. The lowest BCUT2D eigenvalue weighted by atomic mass is 10.1. The van der Waals surface area contributed by atoms with Crippen LogP contribution in [0.4, 0.5) is 4.79 Å². The van der Waals surface area contributed by atoms with E-state index in [2.05, 4.69) is 34.4 Å². The van der Waals surface area contributed by atoms with Crippen LogP contribution in [0.5, 0.6) is 0 Å². The lowest BCUT2D eigenvalue weighted by molar-refractivity contribution is 0.185. The smallest absolute Gasteiger partial charge is 0.317 e. The number of aromatic nitrogens is 1. The highest BCUT2D eigenvalue weighted by Gasteiger charge is 2.20. The number of hydrogen-bond donors (Lipinski definition) is 1. The van der Waals surface area contributed by atoms with Crippen molar-refractivity contribution in [2.75, 3.05) is 27.2 Å². The number of carbonyl (C=O) groups excluding carboxylic acids is 1. The van der Waals surface area contributed by atoms with Crippen LogP contribution in [0.2, 0.25) is 0 Å². The van der Waals surface area contributed by atoms with E-state index in [1.807, 2.05) is 31.4 Å². The highest BCUT2D eigenvalue weighted by atomic mass is 32.1. The molecule has 24 heavy (non-hydrogen) atoms. The number of benzene rings is 1. The van der Waals surface area contributed by atoms with Crippen LogP contribution in [0.15, 0.2) is 36.5 Å². The molecule has 1 aliphatic rings. The van der Waals surface area contributed by atoms with E-state index < -0.39 is 0 Å². The molecule has 1 atom stereocenters. The zero-order chi connectivity index (χ0) is 16.9. The van der Waals surface area contributed by atoms with Crippen molar-refractivity contribution < 1.29 is 4.79 Å². The summed E-state index contributed by atoms with van der Waals surface area (Å²) in [6, 6.07) is 10.4. The van der Waals surface area contributed by atoms with E-state index in [4.69, 9.17) is 0 Å². The van der Waals surface area contributed by atoms with Crippen molar-refractivity contribution in [2.24, 2.45) is 0 Å². The lowest BCUT2D eigenvalue weighted by Crippen LogP contribution is -2.49. The summed E-state index contributed by atoms with van der Waals surface area (Å²) in [6.07, 6.45) is 4.06. The number of likely N-dealkylation sites (N-methyl/N-ethyl adjacent to an activating group) is 1. The van der Waals surface area contributed by atoms with Crippen LogP contribution in [0, 0.1) is 0 Å². The van der Waals surface area contributed by atoms with Crippen molar-refractivity contribution in [2.45, 2.75) is 25.4 Å². The van der Waals surface area contributed by atoms with Gasteiger partial charge in [0.25, 0.3) is 0 Å². The molecule has 128 valence electrons. The molecule has 5 nitrogen and oxygen atoms in total. The van der Waals surface area contributed by atoms with Gasteiger partial charge in [-0.05, 0) is 26.4 Å². The molecule has 1 saturated heterocycles. The monoisotopic (exact) mass is 344 g/mol. The molecule has 0 saturated carbocycles. The van der Waals surface area contributed by atoms with Gasteiger partial charge in [0, 0.05) is 36.3 Å². The molecule has 3 rings (SSSR count). The summed E-state index contributed by atoms with van der Waals surface area (Å²) >= 11 is 1.64. The first-order valence-corrected chi connectivity index (χ1v) is 9.14. The molecule has 0 radical (unpaired) electrons. The van der Waals surface area contributed by atoms with Crippen LogP contribution >= 0.6 is 11.3 Å². The first-order valence-electron chi connectivity index (χ1n) is 8.32.